The fraction of sp³-hybridized carbons (Fsp3) is 0.571. The third kappa shape index (κ3) is 6.87. The van der Waals surface area contributed by atoms with Crippen molar-refractivity contribution in [3.63, 3.8) is 0 Å². The molecule has 1 aliphatic heterocycles. The van der Waals surface area contributed by atoms with Gasteiger partial charge in [-0.05, 0) is 84.7 Å². The standard InChI is InChI=1S/C28H41O4P/c1-5-9-11-13-21-17-23(7-3)27-25(19-21)15-16-26-20-22(14-12-10-6-2)18-24(8-4)28(26)32-33(29,30)31-27/h17-20H,5-16H2,1-4H3,(H,29,30). The first kappa shape index (κ1) is 25.8. The summed E-state index contributed by atoms with van der Waals surface area (Å²) in [6.07, 6.45) is 12.2. The third-order valence-electron chi connectivity index (χ3n) is 6.58. The molecule has 0 unspecified atom stereocenters. The molecule has 0 atom stereocenters. The topological polar surface area (TPSA) is 55.8 Å². The molecule has 0 fully saturated rings. The fourth-order valence-corrected chi connectivity index (χ4v) is 5.72. The van der Waals surface area contributed by atoms with Gasteiger partial charge in [-0.1, -0.05) is 77.6 Å². The molecule has 0 aliphatic carbocycles. The number of phosphoric acid groups is 1. The van der Waals surface area contributed by atoms with Crippen LogP contribution in [0.2, 0.25) is 0 Å². The molecule has 1 heterocycles. The Bertz CT molecular complexity index is 907. The Morgan fingerprint density at radius 3 is 1.52 bits per heavy atom. The van der Waals surface area contributed by atoms with Gasteiger partial charge in [0.25, 0.3) is 0 Å². The van der Waals surface area contributed by atoms with Crippen LogP contribution in [0.1, 0.15) is 99.6 Å². The van der Waals surface area contributed by atoms with Crippen molar-refractivity contribution in [3.8, 4) is 11.5 Å². The van der Waals surface area contributed by atoms with Crippen molar-refractivity contribution in [1.29, 1.82) is 0 Å². The molecular weight excluding hydrogens is 431 g/mol. The molecule has 0 saturated carbocycles. The van der Waals surface area contributed by atoms with Gasteiger partial charge in [-0.3, -0.25) is 4.89 Å². The average Bonchev–Trinajstić information content (AvgIpc) is 2.84. The van der Waals surface area contributed by atoms with Gasteiger partial charge in [0.15, 0.2) is 0 Å². The van der Waals surface area contributed by atoms with E-state index in [1.54, 1.807) is 0 Å². The van der Waals surface area contributed by atoms with E-state index in [0.717, 1.165) is 73.6 Å². The van der Waals surface area contributed by atoms with Crippen molar-refractivity contribution in [3.05, 3.63) is 57.6 Å². The lowest BCUT2D eigenvalue weighted by Gasteiger charge is -2.20. The van der Waals surface area contributed by atoms with Gasteiger partial charge in [-0.15, -0.1) is 0 Å². The monoisotopic (exact) mass is 472 g/mol. The van der Waals surface area contributed by atoms with Crippen LogP contribution in [0.25, 0.3) is 0 Å². The summed E-state index contributed by atoms with van der Waals surface area (Å²) in [5.41, 5.74) is 6.58. The molecule has 0 saturated heterocycles. The van der Waals surface area contributed by atoms with Crippen LogP contribution in [0, 0.1) is 0 Å². The predicted molar refractivity (Wildman–Crippen MR) is 137 cm³/mol. The first-order chi connectivity index (χ1) is 15.9. The van der Waals surface area contributed by atoms with E-state index < -0.39 is 7.82 Å². The van der Waals surface area contributed by atoms with Crippen LogP contribution >= 0.6 is 7.82 Å². The Balaban J connectivity index is 2.01. The maximum absolute atomic E-state index is 13.1. The first-order valence-electron chi connectivity index (χ1n) is 12.9. The lowest BCUT2D eigenvalue weighted by atomic mass is 9.92. The lowest BCUT2D eigenvalue weighted by Crippen LogP contribution is -2.06. The van der Waals surface area contributed by atoms with Gasteiger partial charge in [0.05, 0.1) is 0 Å². The van der Waals surface area contributed by atoms with E-state index in [-0.39, 0.29) is 0 Å². The summed E-state index contributed by atoms with van der Waals surface area (Å²) in [6, 6.07) is 8.65. The zero-order chi connectivity index (χ0) is 23.8. The number of benzene rings is 2. The number of fused-ring (bicyclic) bond motifs is 2. The van der Waals surface area contributed by atoms with Crippen LogP contribution in [0.3, 0.4) is 0 Å². The second-order valence-corrected chi connectivity index (χ2v) is 10.6. The second-order valence-electron chi connectivity index (χ2n) is 9.26. The number of hydrogen-bond donors (Lipinski definition) is 1. The van der Waals surface area contributed by atoms with E-state index in [1.807, 2.05) is 0 Å². The minimum absolute atomic E-state index is 0.539. The van der Waals surface area contributed by atoms with Crippen LogP contribution in [0.5, 0.6) is 11.5 Å². The first-order valence-corrected chi connectivity index (χ1v) is 14.4. The van der Waals surface area contributed by atoms with Crippen molar-refractivity contribution < 1.29 is 18.5 Å². The Labute approximate surface area is 200 Å². The Kier molecular flexibility index (Phi) is 9.47. The van der Waals surface area contributed by atoms with E-state index in [1.165, 1.54) is 36.8 Å². The van der Waals surface area contributed by atoms with E-state index in [0.29, 0.717) is 11.5 Å². The number of hydrogen-bond acceptors (Lipinski definition) is 3. The van der Waals surface area contributed by atoms with Crippen molar-refractivity contribution in [2.45, 2.75) is 105 Å². The molecule has 0 amide bonds. The summed E-state index contributed by atoms with van der Waals surface area (Å²) in [7, 11) is -4.31. The van der Waals surface area contributed by atoms with E-state index in [9.17, 15) is 9.46 Å². The van der Waals surface area contributed by atoms with Gasteiger partial charge in [-0.25, -0.2) is 4.57 Å². The van der Waals surface area contributed by atoms with Crippen LogP contribution in [0.15, 0.2) is 24.3 Å². The molecule has 0 spiro atoms. The zero-order valence-electron chi connectivity index (χ0n) is 20.9. The second kappa shape index (κ2) is 12.1. The van der Waals surface area contributed by atoms with Crippen LogP contribution in [-0.2, 0) is 43.1 Å². The van der Waals surface area contributed by atoms with Crippen molar-refractivity contribution in [2.75, 3.05) is 0 Å². The molecule has 1 N–H and O–H groups in total. The molecule has 4 nitrogen and oxygen atoms in total. The van der Waals surface area contributed by atoms with Gasteiger partial charge < -0.3 is 9.05 Å². The van der Waals surface area contributed by atoms with Crippen LogP contribution in [0.4, 0.5) is 0 Å². The molecule has 33 heavy (non-hydrogen) atoms. The zero-order valence-corrected chi connectivity index (χ0v) is 21.8. The Morgan fingerprint density at radius 1 is 0.727 bits per heavy atom. The number of unbranched alkanes of at least 4 members (excludes halogenated alkanes) is 4. The molecule has 0 radical (unpaired) electrons. The summed E-state index contributed by atoms with van der Waals surface area (Å²) in [5.74, 6) is 1.08. The van der Waals surface area contributed by atoms with Gasteiger partial charge in [-0.2, -0.15) is 0 Å². The smallest absolute Gasteiger partial charge is 0.395 e. The summed E-state index contributed by atoms with van der Waals surface area (Å²) in [6.45, 7) is 8.56. The van der Waals surface area contributed by atoms with Gasteiger partial charge in [0, 0.05) is 0 Å². The molecule has 0 aromatic heterocycles. The fourth-order valence-electron chi connectivity index (χ4n) is 4.75. The minimum atomic E-state index is -4.31. The van der Waals surface area contributed by atoms with Gasteiger partial charge in [0.1, 0.15) is 11.5 Å². The van der Waals surface area contributed by atoms with E-state index >= 15 is 0 Å². The predicted octanol–water partition coefficient (Wildman–Crippen LogP) is 7.93. The number of phosphoric ester groups is 1. The van der Waals surface area contributed by atoms with Gasteiger partial charge in [0.2, 0.25) is 0 Å². The molecule has 3 rings (SSSR count). The van der Waals surface area contributed by atoms with Crippen molar-refractivity contribution >= 4 is 7.82 Å². The number of rotatable bonds is 10. The average molecular weight is 473 g/mol. The lowest BCUT2D eigenvalue weighted by molar-refractivity contribution is 0.288. The SMILES string of the molecule is CCCCCc1cc(CC)c2c(c1)CCc1cc(CCCCC)cc(CC)c1OP(=O)(O)O2. The van der Waals surface area contributed by atoms with Crippen molar-refractivity contribution in [1.82, 2.24) is 0 Å². The molecule has 182 valence electrons. The van der Waals surface area contributed by atoms with Crippen LogP contribution < -0.4 is 9.05 Å². The molecule has 2 aromatic rings. The largest absolute Gasteiger partial charge is 0.584 e. The Hall–Kier alpha value is -1.77. The highest BCUT2D eigenvalue weighted by atomic mass is 31.2. The molecular formula is C28H41O4P. The summed E-state index contributed by atoms with van der Waals surface area (Å²) < 4.78 is 24.6. The van der Waals surface area contributed by atoms with E-state index in [2.05, 4.69) is 52.0 Å². The maximum Gasteiger partial charge on any atom is 0.584 e. The normalized spacial score (nSPS) is 14.8. The highest BCUT2D eigenvalue weighted by Gasteiger charge is 2.31. The summed E-state index contributed by atoms with van der Waals surface area (Å²) >= 11 is 0. The summed E-state index contributed by atoms with van der Waals surface area (Å²) in [4.78, 5) is 10.7. The van der Waals surface area contributed by atoms with E-state index in [4.69, 9.17) is 9.05 Å². The molecule has 2 aromatic carbocycles. The van der Waals surface area contributed by atoms with Gasteiger partial charge >= 0.3 is 7.82 Å². The quantitative estimate of drug-likeness (QED) is 0.282. The minimum Gasteiger partial charge on any atom is -0.395 e. The Morgan fingerprint density at radius 2 is 1.15 bits per heavy atom. The number of aryl methyl sites for hydroxylation is 6. The summed E-state index contributed by atoms with van der Waals surface area (Å²) in [5, 5.41) is 0. The van der Waals surface area contributed by atoms with Crippen molar-refractivity contribution in [2.24, 2.45) is 0 Å². The highest BCUT2D eigenvalue weighted by molar-refractivity contribution is 7.48. The molecule has 5 heteroatoms. The highest BCUT2D eigenvalue weighted by Crippen LogP contribution is 2.50. The third-order valence-corrected chi connectivity index (χ3v) is 7.41. The van der Waals surface area contributed by atoms with Crippen LogP contribution in [-0.4, -0.2) is 4.89 Å². The molecule has 1 aliphatic rings. The maximum atomic E-state index is 13.1. The molecule has 0 bridgehead atoms.